The molecule has 2 rings (SSSR count). The summed E-state index contributed by atoms with van der Waals surface area (Å²) in [6.45, 7) is 1.05. The summed E-state index contributed by atoms with van der Waals surface area (Å²) in [5.41, 5.74) is 2.36. The first-order valence-electron chi connectivity index (χ1n) is 6.72. The largest absolute Gasteiger partial charge is 0.395 e. The summed E-state index contributed by atoms with van der Waals surface area (Å²) in [7, 11) is 0. The van der Waals surface area contributed by atoms with Crippen LogP contribution in [0.5, 0.6) is 0 Å². The van der Waals surface area contributed by atoms with E-state index in [1.54, 1.807) is 18.5 Å². The van der Waals surface area contributed by atoms with Gasteiger partial charge in [-0.05, 0) is 36.4 Å². The Hall–Kier alpha value is -2.31. The number of azo groups is 1. The van der Waals surface area contributed by atoms with Crippen molar-refractivity contribution in [3.05, 3.63) is 48.8 Å². The molecule has 1 aromatic heterocycles. The smallest absolute Gasteiger partial charge is 0.104 e. The molecule has 0 saturated carbocycles. The van der Waals surface area contributed by atoms with Crippen molar-refractivity contribution in [3.63, 3.8) is 0 Å². The molecule has 0 amide bonds. The number of aromatic nitrogens is 1. The van der Waals surface area contributed by atoms with E-state index in [0.717, 1.165) is 11.4 Å². The fourth-order valence-corrected chi connectivity index (χ4v) is 1.87. The summed E-state index contributed by atoms with van der Waals surface area (Å²) in [5.74, 6) is 0. The number of hydrogen-bond acceptors (Lipinski definition) is 6. The molecule has 0 unspecified atom stereocenters. The van der Waals surface area contributed by atoms with E-state index in [1.807, 2.05) is 35.2 Å². The SMILES string of the molecule is OCCN(CCO)c1ccc(N=Nc2cccnc2)cc1. The lowest BCUT2D eigenvalue weighted by atomic mass is 10.2. The molecule has 0 spiro atoms. The number of pyridine rings is 1. The van der Waals surface area contributed by atoms with Gasteiger partial charge in [0.1, 0.15) is 5.69 Å². The summed E-state index contributed by atoms with van der Waals surface area (Å²) in [4.78, 5) is 5.87. The molecule has 0 aliphatic carbocycles. The maximum absolute atomic E-state index is 9.03. The van der Waals surface area contributed by atoms with Gasteiger partial charge in [-0.3, -0.25) is 4.98 Å². The van der Waals surface area contributed by atoms with Gasteiger partial charge in [0.2, 0.25) is 0 Å². The highest BCUT2D eigenvalue weighted by Gasteiger charge is 2.04. The molecule has 0 aliphatic rings. The fraction of sp³-hybridized carbons (Fsp3) is 0.267. The lowest BCUT2D eigenvalue weighted by Crippen LogP contribution is -2.29. The molecule has 1 heterocycles. The summed E-state index contributed by atoms with van der Waals surface area (Å²) >= 11 is 0. The highest BCUT2D eigenvalue weighted by Crippen LogP contribution is 2.21. The quantitative estimate of drug-likeness (QED) is 0.765. The first kappa shape index (κ1) is 15.1. The van der Waals surface area contributed by atoms with Crippen LogP contribution in [0.4, 0.5) is 17.1 Å². The molecule has 2 N–H and O–H groups in total. The molecule has 0 atom stereocenters. The van der Waals surface area contributed by atoms with Gasteiger partial charge in [-0.2, -0.15) is 5.11 Å². The van der Waals surface area contributed by atoms with Crippen LogP contribution in [-0.4, -0.2) is 41.5 Å². The van der Waals surface area contributed by atoms with E-state index in [4.69, 9.17) is 10.2 Å². The number of rotatable bonds is 7. The monoisotopic (exact) mass is 286 g/mol. The first-order valence-corrected chi connectivity index (χ1v) is 6.72. The Labute approximate surface area is 123 Å². The van der Waals surface area contributed by atoms with Gasteiger partial charge in [-0.15, -0.1) is 5.11 Å². The van der Waals surface area contributed by atoms with Crippen LogP contribution in [0.1, 0.15) is 0 Å². The molecule has 0 radical (unpaired) electrons. The number of anilines is 1. The third-order valence-electron chi connectivity index (χ3n) is 2.88. The Morgan fingerprint density at radius 2 is 1.57 bits per heavy atom. The maximum Gasteiger partial charge on any atom is 0.104 e. The van der Waals surface area contributed by atoms with Crippen LogP contribution in [-0.2, 0) is 0 Å². The van der Waals surface area contributed by atoms with E-state index < -0.39 is 0 Å². The second-order valence-electron chi connectivity index (χ2n) is 4.36. The van der Waals surface area contributed by atoms with Crippen LogP contribution >= 0.6 is 0 Å². The minimum absolute atomic E-state index is 0.0441. The Morgan fingerprint density at radius 3 is 2.14 bits per heavy atom. The number of aliphatic hydroxyl groups is 2. The number of benzene rings is 1. The van der Waals surface area contributed by atoms with Crippen molar-refractivity contribution in [2.45, 2.75) is 0 Å². The van der Waals surface area contributed by atoms with Crippen molar-refractivity contribution < 1.29 is 10.2 Å². The van der Waals surface area contributed by atoms with Gasteiger partial charge in [-0.25, -0.2) is 0 Å². The van der Waals surface area contributed by atoms with Crippen LogP contribution in [0, 0.1) is 0 Å². The predicted molar refractivity (Wildman–Crippen MR) is 81.2 cm³/mol. The Balaban J connectivity index is 2.06. The molecule has 21 heavy (non-hydrogen) atoms. The normalized spacial score (nSPS) is 11.0. The summed E-state index contributed by atoms with van der Waals surface area (Å²) in [6.07, 6.45) is 3.33. The lowest BCUT2D eigenvalue weighted by Gasteiger charge is -2.22. The number of nitrogens with zero attached hydrogens (tertiary/aromatic N) is 4. The van der Waals surface area contributed by atoms with Crippen molar-refractivity contribution in [2.24, 2.45) is 10.2 Å². The zero-order chi connectivity index (χ0) is 14.9. The molecule has 0 bridgehead atoms. The highest BCUT2D eigenvalue weighted by molar-refractivity contribution is 5.52. The van der Waals surface area contributed by atoms with E-state index in [9.17, 15) is 0 Å². The Kier molecular flexibility index (Phi) is 5.81. The van der Waals surface area contributed by atoms with Gasteiger partial charge in [0.05, 0.1) is 25.1 Å². The van der Waals surface area contributed by atoms with E-state index in [-0.39, 0.29) is 13.2 Å². The molecule has 1 aromatic carbocycles. The van der Waals surface area contributed by atoms with E-state index in [2.05, 4.69) is 15.2 Å². The zero-order valence-electron chi connectivity index (χ0n) is 11.6. The summed E-state index contributed by atoms with van der Waals surface area (Å²) < 4.78 is 0. The molecule has 110 valence electrons. The third-order valence-corrected chi connectivity index (χ3v) is 2.88. The Morgan fingerprint density at radius 1 is 0.905 bits per heavy atom. The van der Waals surface area contributed by atoms with Crippen LogP contribution in [0.3, 0.4) is 0 Å². The third kappa shape index (κ3) is 4.62. The Bertz CT molecular complexity index is 552. The van der Waals surface area contributed by atoms with Gasteiger partial charge in [0.25, 0.3) is 0 Å². The first-order chi connectivity index (χ1) is 10.3. The minimum Gasteiger partial charge on any atom is -0.395 e. The molecule has 0 fully saturated rings. The van der Waals surface area contributed by atoms with Crippen molar-refractivity contribution in [1.82, 2.24) is 4.98 Å². The summed E-state index contributed by atoms with van der Waals surface area (Å²) in [5, 5.41) is 26.3. The van der Waals surface area contributed by atoms with E-state index in [0.29, 0.717) is 18.8 Å². The zero-order valence-corrected chi connectivity index (χ0v) is 11.6. The van der Waals surface area contributed by atoms with Gasteiger partial charge in [0.15, 0.2) is 0 Å². The molecule has 6 nitrogen and oxygen atoms in total. The average molecular weight is 286 g/mol. The molecule has 0 saturated heterocycles. The highest BCUT2D eigenvalue weighted by atomic mass is 16.3. The topological polar surface area (TPSA) is 81.3 Å². The van der Waals surface area contributed by atoms with Crippen LogP contribution in [0.2, 0.25) is 0 Å². The van der Waals surface area contributed by atoms with Crippen LogP contribution in [0.25, 0.3) is 0 Å². The fourth-order valence-electron chi connectivity index (χ4n) is 1.87. The van der Waals surface area contributed by atoms with Gasteiger partial charge >= 0.3 is 0 Å². The molecule has 2 aromatic rings. The number of aliphatic hydroxyl groups excluding tert-OH is 2. The molecule has 0 aliphatic heterocycles. The van der Waals surface area contributed by atoms with E-state index in [1.165, 1.54) is 0 Å². The predicted octanol–water partition coefficient (Wildman–Crippen LogP) is 2.29. The van der Waals surface area contributed by atoms with Crippen molar-refractivity contribution in [2.75, 3.05) is 31.2 Å². The standard InChI is InChI=1S/C15H18N4O2/c20-10-8-19(9-11-21)15-5-3-13(4-6-15)17-18-14-2-1-7-16-12-14/h1-7,12,20-21H,8-11H2. The van der Waals surface area contributed by atoms with E-state index >= 15 is 0 Å². The second-order valence-corrected chi connectivity index (χ2v) is 4.36. The van der Waals surface area contributed by atoms with Gasteiger partial charge in [0, 0.05) is 25.0 Å². The average Bonchev–Trinajstić information content (AvgIpc) is 2.54. The second kappa shape index (κ2) is 8.08. The summed E-state index contributed by atoms with van der Waals surface area (Å²) in [6, 6.07) is 11.1. The van der Waals surface area contributed by atoms with Crippen LogP contribution < -0.4 is 4.90 Å². The lowest BCUT2D eigenvalue weighted by molar-refractivity contribution is 0.281. The van der Waals surface area contributed by atoms with Gasteiger partial charge in [-0.1, -0.05) is 0 Å². The number of hydrogen-bond donors (Lipinski definition) is 2. The minimum atomic E-state index is 0.0441. The molecular formula is C15H18N4O2. The van der Waals surface area contributed by atoms with Crippen molar-refractivity contribution in [3.8, 4) is 0 Å². The van der Waals surface area contributed by atoms with Gasteiger partial charge < -0.3 is 15.1 Å². The van der Waals surface area contributed by atoms with Crippen molar-refractivity contribution in [1.29, 1.82) is 0 Å². The van der Waals surface area contributed by atoms with Crippen LogP contribution in [0.15, 0.2) is 59.0 Å². The molecular weight excluding hydrogens is 268 g/mol. The molecule has 6 heteroatoms. The van der Waals surface area contributed by atoms with Crippen molar-refractivity contribution >= 4 is 17.1 Å². The maximum atomic E-state index is 9.03.